The molecule has 2 bridgehead atoms. The lowest BCUT2D eigenvalue weighted by atomic mass is 9.74. The van der Waals surface area contributed by atoms with Crippen LogP contribution in [0.25, 0.3) is 0 Å². The molecule has 6 rings (SSSR count). The predicted octanol–water partition coefficient (Wildman–Crippen LogP) is 4.21. The molecule has 228 valence electrons. The quantitative estimate of drug-likeness (QED) is 0.309. The predicted molar refractivity (Wildman–Crippen MR) is 164 cm³/mol. The van der Waals surface area contributed by atoms with E-state index < -0.39 is 29.6 Å². The summed E-state index contributed by atoms with van der Waals surface area (Å²) in [6.45, 7) is 0.293. The molecule has 4 aliphatic rings. The number of thioether (sulfide) groups is 1. The number of nitrogens with one attached hydrogen (secondary N) is 2. The second-order valence-corrected chi connectivity index (χ2v) is 12.6. The minimum absolute atomic E-state index is 0.0740. The Hall–Kier alpha value is -3.50. The zero-order valence-electron chi connectivity index (χ0n) is 24.8. The van der Waals surface area contributed by atoms with E-state index in [0.717, 1.165) is 36.1 Å². The fraction of sp³-hybridized carbons (Fsp3) is 0.485. The molecule has 1 saturated carbocycles. The fourth-order valence-corrected chi connectivity index (χ4v) is 7.71. The van der Waals surface area contributed by atoms with Crippen molar-refractivity contribution in [2.45, 2.75) is 67.2 Å². The van der Waals surface area contributed by atoms with Crippen molar-refractivity contribution in [1.82, 2.24) is 10.2 Å². The molecule has 0 radical (unpaired) electrons. The Morgan fingerprint density at radius 1 is 1.05 bits per heavy atom. The third-order valence-electron chi connectivity index (χ3n) is 9.30. The Labute approximate surface area is 256 Å². The van der Waals surface area contributed by atoms with Crippen LogP contribution in [0.1, 0.15) is 37.7 Å². The van der Waals surface area contributed by atoms with Gasteiger partial charge in [-0.15, -0.1) is 11.8 Å². The SMILES string of the molecule is COc1ccc(CCN2C(=O)[C@@H]3[C@@H](C(=O)Nc4cccc(SC)c4)[C@@H]4C=C[C@@]3(O4)[C@@H]2C(=O)NC2CCCCC2)cc1OC. The zero-order valence-corrected chi connectivity index (χ0v) is 25.7. The van der Waals surface area contributed by atoms with Crippen molar-refractivity contribution in [1.29, 1.82) is 0 Å². The third-order valence-corrected chi connectivity index (χ3v) is 10.0. The number of amides is 3. The van der Waals surface area contributed by atoms with E-state index in [1.165, 1.54) is 6.42 Å². The summed E-state index contributed by atoms with van der Waals surface area (Å²) in [5.41, 5.74) is 0.413. The summed E-state index contributed by atoms with van der Waals surface area (Å²) in [7, 11) is 3.17. The summed E-state index contributed by atoms with van der Waals surface area (Å²) in [5.74, 6) is -1.04. The fourth-order valence-electron chi connectivity index (χ4n) is 7.25. The van der Waals surface area contributed by atoms with Crippen molar-refractivity contribution < 1.29 is 28.6 Å². The van der Waals surface area contributed by atoms with Crippen LogP contribution >= 0.6 is 11.8 Å². The summed E-state index contributed by atoms with van der Waals surface area (Å²) in [6.07, 6.45) is 10.8. The van der Waals surface area contributed by atoms with Gasteiger partial charge in [0.2, 0.25) is 17.7 Å². The normalized spacial score (nSPS) is 27.7. The number of likely N-dealkylation sites (tertiary alicyclic amines) is 1. The van der Waals surface area contributed by atoms with Gasteiger partial charge in [0, 0.05) is 23.2 Å². The molecule has 3 heterocycles. The first-order valence-electron chi connectivity index (χ1n) is 15.0. The van der Waals surface area contributed by atoms with E-state index in [1.807, 2.05) is 60.9 Å². The number of fused-ring (bicyclic) bond motifs is 1. The minimum Gasteiger partial charge on any atom is -0.493 e. The van der Waals surface area contributed by atoms with Gasteiger partial charge in [0.1, 0.15) is 11.6 Å². The maximum Gasteiger partial charge on any atom is 0.246 e. The summed E-state index contributed by atoms with van der Waals surface area (Å²) >= 11 is 1.59. The average Bonchev–Trinajstić information content (AvgIpc) is 3.67. The number of rotatable bonds is 10. The lowest BCUT2D eigenvalue weighted by Gasteiger charge is -2.34. The molecular weight excluding hydrogens is 566 g/mol. The number of nitrogens with zero attached hydrogens (tertiary/aromatic N) is 1. The summed E-state index contributed by atoms with van der Waals surface area (Å²) in [5, 5.41) is 6.26. The number of carbonyl (C=O) groups is 3. The summed E-state index contributed by atoms with van der Waals surface area (Å²) in [4.78, 5) is 44.8. The van der Waals surface area contributed by atoms with E-state index in [2.05, 4.69) is 10.6 Å². The Morgan fingerprint density at radius 2 is 1.84 bits per heavy atom. The molecule has 3 fully saturated rings. The van der Waals surface area contributed by atoms with Crippen LogP contribution in [0.15, 0.2) is 59.5 Å². The topological polar surface area (TPSA) is 106 Å². The van der Waals surface area contributed by atoms with Crippen molar-refractivity contribution in [2.24, 2.45) is 11.8 Å². The van der Waals surface area contributed by atoms with E-state index in [4.69, 9.17) is 14.2 Å². The van der Waals surface area contributed by atoms with Gasteiger partial charge in [-0.25, -0.2) is 0 Å². The Bertz CT molecular complexity index is 1430. The smallest absolute Gasteiger partial charge is 0.246 e. The molecule has 3 amide bonds. The van der Waals surface area contributed by atoms with Gasteiger partial charge < -0.3 is 29.7 Å². The molecule has 1 aliphatic carbocycles. The van der Waals surface area contributed by atoms with Gasteiger partial charge in [-0.2, -0.15) is 0 Å². The number of carbonyl (C=O) groups excluding carboxylic acids is 3. The maximum atomic E-state index is 14.3. The number of ether oxygens (including phenoxy) is 3. The monoisotopic (exact) mass is 605 g/mol. The van der Waals surface area contributed by atoms with Gasteiger partial charge >= 0.3 is 0 Å². The molecule has 2 saturated heterocycles. The highest BCUT2D eigenvalue weighted by Crippen LogP contribution is 2.55. The largest absolute Gasteiger partial charge is 0.493 e. The molecular formula is C33H39N3O6S. The zero-order chi connectivity index (χ0) is 30.1. The molecule has 43 heavy (non-hydrogen) atoms. The van der Waals surface area contributed by atoms with Crippen LogP contribution in [0, 0.1) is 11.8 Å². The van der Waals surface area contributed by atoms with Crippen molar-refractivity contribution in [3.05, 3.63) is 60.2 Å². The highest BCUT2D eigenvalue weighted by molar-refractivity contribution is 7.98. The molecule has 5 atom stereocenters. The lowest BCUT2D eigenvalue weighted by Crippen LogP contribution is -2.56. The van der Waals surface area contributed by atoms with Crippen LogP contribution in [0.5, 0.6) is 11.5 Å². The average molecular weight is 606 g/mol. The number of benzene rings is 2. The van der Waals surface area contributed by atoms with Gasteiger partial charge in [0.15, 0.2) is 11.5 Å². The van der Waals surface area contributed by atoms with Crippen LogP contribution in [0.4, 0.5) is 5.69 Å². The molecule has 3 aliphatic heterocycles. The molecule has 2 N–H and O–H groups in total. The number of methoxy groups -OCH3 is 2. The molecule has 2 aromatic rings. The number of hydrogen-bond donors (Lipinski definition) is 2. The van der Waals surface area contributed by atoms with Crippen LogP contribution in [-0.4, -0.2) is 73.4 Å². The second-order valence-electron chi connectivity index (χ2n) is 11.7. The van der Waals surface area contributed by atoms with E-state index in [0.29, 0.717) is 30.2 Å². The van der Waals surface area contributed by atoms with Crippen LogP contribution in [-0.2, 0) is 25.5 Å². The first kappa shape index (κ1) is 29.6. The summed E-state index contributed by atoms with van der Waals surface area (Å²) < 4.78 is 17.4. The van der Waals surface area contributed by atoms with E-state index >= 15 is 0 Å². The van der Waals surface area contributed by atoms with Gasteiger partial charge in [0.25, 0.3) is 0 Å². The van der Waals surface area contributed by atoms with Gasteiger partial charge in [0.05, 0.1) is 32.2 Å². The molecule has 0 unspecified atom stereocenters. The minimum atomic E-state index is -1.19. The van der Waals surface area contributed by atoms with Crippen molar-refractivity contribution >= 4 is 35.2 Å². The Morgan fingerprint density at radius 3 is 2.58 bits per heavy atom. The number of hydrogen-bond acceptors (Lipinski definition) is 7. The molecule has 9 nitrogen and oxygen atoms in total. The first-order chi connectivity index (χ1) is 20.9. The molecule has 10 heteroatoms. The Kier molecular flexibility index (Phi) is 8.42. The maximum absolute atomic E-state index is 14.3. The van der Waals surface area contributed by atoms with Crippen LogP contribution < -0.4 is 20.1 Å². The lowest BCUT2D eigenvalue weighted by molar-refractivity contribution is -0.141. The van der Waals surface area contributed by atoms with Crippen molar-refractivity contribution in [3.8, 4) is 11.5 Å². The van der Waals surface area contributed by atoms with Gasteiger partial charge in [-0.1, -0.05) is 43.5 Å². The number of anilines is 1. The third kappa shape index (κ3) is 5.40. The highest BCUT2D eigenvalue weighted by Gasteiger charge is 2.72. The van der Waals surface area contributed by atoms with Crippen molar-refractivity contribution in [3.63, 3.8) is 0 Å². The van der Waals surface area contributed by atoms with Gasteiger partial charge in [-0.05, 0) is 61.4 Å². The highest BCUT2D eigenvalue weighted by atomic mass is 32.2. The Balaban J connectivity index is 1.28. The van der Waals surface area contributed by atoms with Crippen molar-refractivity contribution in [2.75, 3.05) is 32.3 Å². The van der Waals surface area contributed by atoms with Crippen LogP contribution in [0.2, 0.25) is 0 Å². The van der Waals surface area contributed by atoms with E-state index in [9.17, 15) is 14.4 Å². The van der Waals surface area contributed by atoms with E-state index in [-0.39, 0.29) is 23.8 Å². The molecule has 1 spiro atoms. The molecule has 2 aromatic carbocycles. The van der Waals surface area contributed by atoms with Gasteiger partial charge in [-0.3, -0.25) is 14.4 Å². The summed E-state index contributed by atoms with van der Waals surface area (Å²) in [6, 6.07) is 12.5. The standard InChI is InChI=1S/C33H39N3O6S/c1-40-24-13-12-20(18-26(24)41-2)15-17-36-29(31(38)34-21-8-5-4-6-9-21)33-16-14-25(42-33)27(28(33)32(36)39)30(37)35-22-10-7-11-23(19-22)43-3/h7,10-14,16,18-19,21,25,27-29H,4-6,8-9,15,17H2,1-3H3,(H,34,38)(H,35,37)/t25-,27-,28-,29-,33-/m0/s1. The van der Waals surface area contributed by atoms with E-state index in [1.54, 1.807) is 30.9 Å². The second kappa shape index (κ2) is 12.2. The first-order valence-corrected chi connectivity index (χ1v) is 16.2. The van der Waals surface area contributed by atoms with Crippen LogP contribution in [0.3, 0.4) is 0 Å². The molecule has 0 aromatic heterocycles.